The van der Waals surface area contributed by atoms with Crippen LogP contribution >= 0.6 is 0 Å². The van der Waals surface area contributed by atoms with Crippen LogP contribution in [-0.2, 0) is 0 Å². The van der Waals surface area contributed by atoms with Gasteiger partial charge < -0.3 is 18.3 Å². The lowest BCUT2D eigenvalue weighted by atomic mass is 9.97. The van der Waals surface area contributed by atoms with Gasteiger partial charge in [0.2, 0.25) is 0 Å². The van der Waals surface area contributed by atoms with Crippen LogP contribution in [0.15, 0.2) is 352 Å². The summed E-state index contributed by atoms with van der Waals surface area (Å²) in [5.41, 5.74) is 25.8. The van der Waals surface area contributed by atoms with Crippen LogP contribution in [0.25, 0.3) is 199 Å². The summed E-state index contributed by atoms with van der Waals surface area (Å²) in [6.45, 7) is 0. The van der Waals surface area contributed by atoms with Gasteiger partial charge in [0.15, 0.2) is 11.6 Å². The summed E-state index contributed by atoms with van der Waals surface area (Å²) in [6, 6.07) is 126. The van der Waals surface area contributed by atoms with Gasteiger partial charge in [-0.25, -0.2) is 19.9 Å². The molecule has 102 heavy (non-hydrogen) atoms. The van der Waals surface area contributed by atoms with E-state index in [9.17, 15) is 0 Å². The van der Waals surface area contributed by atoms with Crippen LogP contribution in [0, 0.1) is 0 Å². The number of benzene rings is 15. The molecule has 0 saturated carbocycles. The van der Waals surface area contributed by atoms with E-state index in [4.69, 9.17) is 19.9 Å². The van der Waals surface area contributed by atoms with Crippen LogP contribution in [0.4, 0.5) is 0 Å². The molecule has 6 heterocycles. The summed E-state index contributed by atoms with van der Waals surface area (Å²) in [6.07, 6.45) is 0. The van der Waals surface area contributed by atoms with Crippen molar-refractivity contribution >= 4 is 109 Å². The third-order valence-corrected chi connectivity index (χ3v) is 20.8. The molecule has 0 N–H and O–H groups in total. The molecule has 474 valence electrons. The van der Waals surface area contributed by atoms with Gasteiger partial charge in [-0.15, -0.1) is 0 Å². The Morgan fingerprint density at radius 3 is 1.03 bits per heavy atom. The minimum Gasteiger partial charge on any atom is -0.309 e. The van der Waals surface area contributed by atoms with Gasteiger partial charge in [-0.1, -0.05) is 224 Å². The first kappa shape index (κ1) is 57.3. The second kappa shape index (κ2) is 22.9. The van der Waals surface area contributed by atoms with Crippen LogP contribution in [0.5, 0.6) is 0 Å². The van der Waals surface area contributed by atoms with Gasteiger partial charge in [-0.3, -0.25) is 0 Å². The van der Waals surface area contributed by atoms with Gasteiger partial charge in [0.1, 0.15) is 0 Å². The van der Waals surface area contributed by atoms with Crippen LogP contribution in [0.1, 0.15) is 0 Å². The Labute approximate surface area is 585 Å². The Bertz CT molecular complexity index is 6960. The predicted molar refractivity (Wildman–Crippen MR) is 423 cm³/mol. The van der Waals surface area contributed by atoms with Crippen molar-refractivity contribution in [2.45, 2.75) is 0 Å². The standard InChI is InChI=1S/C94H58N8/c1-3-21-60(22-4-1)89-75-31-7-13-35-79(75)95-93(97-89)62-45-49-69(50-46-62)102-82-38-16-10-30-72(82)74-54-56-86-88(92(74)102)78-34-12-18-40-84(78)100(86)70-28-20-25-66(58-70)65-24-19-23-64(57-65)59-41-43-61(44-42-59)90-76-32-8-14-36-80(76)96-94(98-90)63-47-51-68(52-48-63)101-81-37-15-9-29-71(81)73-53-55-85-87(91(73)101)77-33-11-17-39-83(77)99(85)67-26-5-2-6-27-67/h1-58H. The van der Waals surface area contributed by atoms with Gasteiger partial charge in [0, 0.05) is 98.9 Å². The summed E-state index contributed by atoms with van der Waals surface area (Å²) in [4.78, 5) is 21.0. The molecule has 0 amide bonds. The molecule has 0 aliphatic carbocycles. The first-order chi connectivity index (χ1) is 50.6. The second-order valence-corrected chi connectivity index (χ2v) is 26.5. The lowest BCUT2D eigenvalue weighted by molar-refractivity contribution is 1.17. The maximum absolute atomic E-state index is 5.41. The summed E-state index contributed by atoms with van der Waals surface area (Å²) < 4.78 is 9.72. The normalized spacial score (nSPS) is 11.9. The molecule has 0 saturated heterocycles. The zero-order valence-electron chi connectivity index (χ0n) is 55.1. The fraction of sp³-hybridized carbons (Fsp3) is 0. The fourth-order valence-electron chi connectivity index (χ4n) is 16.2. The third-order valence-electron chi connectivity index (χ3n) is 20.8. The van der Waals surface area contributed by atoms with Crippen molar-refractivity contribution in [3.05, 3.63) is 352 Å². The molecule has 8 nitrogen and oxygen atoms in total. The molecular formula is C94H58N8. The van der Waals surface area contributed by atoms with Crippen LogP contribution in [0.3, 0.4) is 0 Å². The lowest BCUT2D eigenvalue weighted by Gasteiger charge is -2.13. The molecule has 6 aromatic heterocycles. The topological polar surface area (TPSA) is 71.3 Å². The first-order valence-corrected chi connectivity index (χ1v) is 34.7. The summed E-state index contributed by atoms with van der Waals surface area (Å²) >= 11 is 0. The van der Waals surface area contributed by atoms with Crippen LogP contribution in [0.2, 0.25) is 0 Å². The van der Waals surface area contributed by atoms with E-state index in [2.05, 4.69) is 358 Å². The molecule has 15 aromatic carbocycles. The summed E-state index contributed by atoms with van der Waals surface area (Å²) in [5.74, 6) is 1.37. The van der Waals surface area contributed by atoms with Gasteiger partial charge in [-0.05, 0) is 150 Å². The van der Waals surface area contributed by atoms with Crippen molar-refractivity contribution < 1.29 is 0 Å². The number of hydrogen-bond acceptors (Lipinski definition) is 4. The number of para-hydroxylation sites is 7. The monoisotopic (exact) mass is 1300 g/mol. The molecule has 21 aromatic rings. The Morgan fingerprint density at radius 1 is 0.176 bits per heavy atom. The maximum Gasteiger partial charge on any atom is 0.160 e. The largest absolute Gasteiger partial charge is 0.309 e. The van der Waals surface area contributed by atoms with E-state index >= 15 is 0 Å². The number of nitrogens with zero attached hydrogens (tertiary/aromatic N) is 8. The highest BCUT2D eigenvalue weighted by Crippen LogP contribution is 2.46. The highest BCUT2D eigenvalue weighted by atomic mass is 15.0. The first-order valence-electron chi connectivity index (χ1n) is 34.7. The Hall–Kier alpha value is -13.8. The van der Waals surface area contributed by atoms with Gasteiger partial charge in [0.25, 0.3) is 0 Å². The van der Waals surface area contributed by atoms with E-state index < -0.39 is 0 Å². The number of fused-ring (bicyclic) bond motifs is 16. The molecule has 0 aliphatic heterocycles. The van der Waals surface area contributed by atoms with E-state index in [1.165, 1.54) is 65.2 Å². The fourth-order valence-corrected chi connectivity index (χ4v) is 16.2. The number of hydrogen-bond donors (Lipinski definition) is 0. The van der Waals surface area contributed by atoms with E-state index in [1.807, 2.05) is 12.1 Å². The lowest BCUT2D eigenvalue weighted by Crippen LogP contribution is -1.97. The Morgan fingerprint density at radius 2 is 0.520 bits per heavy atom. The van der Waals surface area contributed by atoms with Crippen molar-refractivity contribution in [2.24, 2.45) is 0 Å². The van der Waals surface area contributed by atoms with Crippen molar-refractivity contribution in [1.82, 2.24) is 38.2 Å². The molecule has 0 fully saturated rings. The molecule has 0 unspecified atom stereocenters. The highest BCUT2D eigenvalue weighted by Gasteiger charge is 2.25. The van der Waals surface area contributed by atoms with Gasteiger partial charge >= 0.3 is 0 Å². The van der Waals surface area contributed by atoms with Gasteiger partial charge in [0.05, 0.1) is 66.6 Å². The molecular weight excluding hydrogens is 1240 g/mol. The average Bonchev–Trinajstić information content (AvgIpc) is 1.55. The molecule has 0 bridgehead atoms. The number of aromatic nitrogens is 8. The Kier molecular flexibility index (Phi) is 12.9. The van der Waals surface area contributed by atoms with Gasteiger partial charge in [-0.2, -0.15) is 0 Å². The van der Waals surface area contributed by atoms with Crippen molar-refractivity contribution in [3.8, 4) is 90.3 Å². The molecule has 21 rings (SSSR count). The number of rotatable bonds is 10. The zero-order chi connectivity index (χ0) is 66.9. The van der Waals surface area contributed by atoms with E-state index in [1.54, 1.807) is 0 Å². The van der Waals surface area contributed by atoms with Crippen LogP contribution in [-0.4, -0.2) is 38.2 Å². The summed E-state index contributed by atoms with van der Waals surface area (Å²) in [5, 5.41) is 11.7. The second-order valence-electron chi connectivity index (χ2n) is 26.5. The van der Waals surface area contributed by atoms with Crippen molar-refractivity contribution in [2.75, 3.05) is 0 Å². The summed E-state index contributed by atoms with van der Waals surface area (Å²) in [7, 11) is 0. The highest BCUT2D eigenvalue weighted by molar-refractivity contribution is 6.28. The minimum atomic E-state index is 0.677. The predicted octanol–water partition coefficient (Wildman–Crippen LogP) is 24.0. The third kappa shape index (κ3) is 8.96. The molecule has 8 heteroatoms. The van der Waals surface area contributed by atoms with E-state index in [0.717, 1.165) is 123 Å². The minimum absolute atomic E-state index is 0.677. The quantitative estimate of drug-likeness (QED) is 0.137. The smallest absolute Gasteiger partial charge is 0.160 e. The molecule has 0 aliphatic rings. The zero-order valence-corrected chi connectivity index (χ0v) is 55.1. The Balaban J connectivity index is 0.612. The van der Waals surface area contributed by atoms with Crippen molar-refractivity contribution in [3.63, 3.8) is 0 Å². The molecule has 0 spiro atoms. The van der Waals surface area contributed by atoms with E-state index in [-0.39, 0.29) is 0 Å². The SMILES string of the molecule is c1ccc(-c2nc(-c3ccc(-n4c5ccccc5c5ccc6c(c7ccccc7n6-c6cccc(-c7cccc(-c8ccc(-c9nc(-c%10ccc(-n%11c%12ccccc%12c%12ccc%13c(c%14ccccc%14n%13-c%13ccccc%13)c%12%11)cc%10)nc%10ccccc9%10)cc8)c7)c6)c54)cc3)nc3ccccc23)cc1. The maximum atomic E-state index is 5.41. The van der Waals surface area contributed by atoms with Crippen LogP contribution < -0.4 is 0 Å². The average molecular weight is 1300 g/mol. The van der Waals surface area contributed by atoms with Crippen molar-refractivity contribution in [1.29, 1.82) is 0 Å². The molecule has 0 atom stereocenters. The van der Waals surface area contributed by atoms with E-state index in [0.29, 0.717) is 11.6 Å². The molecule has 0 radical (unpaired) electrons.